The van der Waals surface area contributed by atoms with Gasteiger partial charge in [0.1, 0.15) is 0 Å². The van der Waals surface area contributed by atoms with E-state index in [-0.39, 0.29) is 18.1 Å². The number of amides is 3. The Kier molecular flexibility index (Phi) is 5.55. The second kappa shape index (κ2) is 6.70. The monoisotopic (exact) mass is 257 g/mol. The smallest absolute Gasteiger partial charge is 0.321 e. The summed E-state index contributed by atoms with van der Waals surface area (Å²) in [6, 6.07) is -0.964. The van der Waals surface area contributed by atoms with Crippen LogP contribution in [0.1, 0.15) is 32.6 Å². The van der Waals surface area contributed by atoms with Crippen molar-refractivity contribution >= 4 is 11.9 Å². The molecule has 3 atom stereocenters. The number of aliphatic hydroxyl groups excluding tert-OH is 1. The fourth-order valence-electron chi connectivity index (χ4n) is 2.32. The Morgan fingerprint density at radius 2 is 1.94 bits per heavy atom. The van der Waals surface area contributed by atoms with Crippen molar-refractivity contribution in [3.63, 3.8) is 0 Å². The molecule has 0 spiro atoms. The van der Waals surface area contributed by atoms with E-state index in [2.05, 4.69) is 10.6 Å². The molecule has 6 heteroatoms. The summed E-state index contributed by atoms with van der Waals surface area (Å²) in [5, 5.41) is 14.5. The standard InChI is InChI=1S/C12H23N3O3/c1-8(11(17)14-12(18)13-2)15(3)9-6-4-5-7-10(9)16/h8-10,16H,4-7H2,1-3H3,(H2,13,14,17,18). The Bertz CT molecular complexity index is 309. The lowest BCUT2D eigenvalue weighted by molar-refractivity contribution is -0.126. The Balaban J connectivity index is 2.56. The predicted molar refractivity (Wildman–Crippen MR) is 68.1 cm³/mol. The van der Waals surface area contributed by atoms with E-state index in [0.29, 0.717) is 0 Å². The maximum absolute atomic E-state index is 11.8. The van der Waals surface area contributed by atoms with Gasteiger partial charge in [-0.3, -0.25) is 15.0 Å². The summed E-state index contributed by atoms with van der Waals surface area (Å²) in [5.41, 5.74) is 0. The lowest BCUT2D eigenvalue weighted by Crippen LogP contribution is -2.54. The minimum atomic E-state index is -0.510. The third-order valence-corrected chi connectivity index (χ3v) is 3.67. The zero-order valence-corrected chi connectivity index (χ0v) is 11.3. The van der Waals surface area contributed by atoms with Gasteiger partial charge in [0.25, 0.3) is 0 Å². The molecule has 6 nitrogen and oxygen atoms in total. The molecule has 1 aliphatic rings. The Morgan fingerprint density at radius 3 is 2.50 bits per heavy atom. The molecule has 0 aliphatic heterocycles. The lowest BCUT2D eigenvalue weighted by atomic mass is 9.91. The zero-order valence-electron chi connectivity index (χ0n) is 11.3. The number of likely N-dealkylation sites (N-methyl/N-ethyl adjacent to an activating group) is 1. The van der Waals surface area contributed by atoms with Gasteiger partial charge in [0.2, 0.25) is 5.91 Å². The fraction of sp³-hybridized carbons (Fsp3) is 0.833. The fourth-order valence-corrected chi connectivity index (χ4v) is 2.32. The molecule has 0 heterocycles. The molecular formula is C12H23N3O3. The molecule has 0 bridgehead atoms. The largest absolute Gasteiger partial charge is 0.391 e. The number of aliphatic hydroxyl groups is 1. The van der Waals surface area contributed by atoms with E-state index in [1.54, 1.807) is 6.92 Å². The summed E-state index contributed by atoms with van der Waals surface area (Å²) in [6.07, 6.45) is 3.37. The highest BCUT2D eigenvalue weighted by Crippen LogP contribution is 2.23. The van der Waals surface area contributed by atoms with Crippen molar-refractivity contribution in [2.45, 2.75) is 50.8 Å². The van der Waals surface area contributed by atoms with E-state index < -0.39 is 12.1 Å². The molecule has 104 valence electrons. The van der Waals surface area contributed by atoms with Crippen LogP contribution in [0.25, 0.3) is 0 Å². The van der Waals surface area contributed by atoms with Gasteiger partial charge in [-0.25, -0.2) is 4.79 Å². The Hall–Kier alpha value is -1.14. The summed E-state index contributed by atoms with van der Waals surface area (Å²) < 4.78 is 0. The highest BCUT2D eigenvalue weighted by molar-refractivity contribution is 5.96. The highest BCUT2D eigenvalue weighted by atomic mass is 16.3. The van der Waals surface area contributed by atoms with Crippen molar-refractivity contribution in [2.24, 2.45) is 0 Å². The highest BCUT2D eigenvalue weighted by Gasteiger charge is 2.31. The summed E-state index contributed by atoms with van der Waals surface area (Å²) >= 11 is 0. The van der Waals surface area contributed by atoms with E-state index in [1.165, 1.54) is 7.05 Å². The second-order valence-corrected chi connectivity index (χ2v) is 4.83. The Labute approximate surface area is 108 Å². The van der Waals surface area contributed by atoms with E-state index in [0.717, 1.165) is 25.7 Å². The maximum Gasteiger partial charge on any atom is 0.321 e. The van der Waals surface area contributed by atoms with Crippen molar-refractivity contribution in [3.05, 3.63) is 0 Å². The van der Waals surface area contributed by atoms with Crippen molar-refractivity contribution in [3.8, 4) is 0 Å². The van der Waals surface area contributed by atoms with Crippen molar-refractivity contribution < 1.29 is 14.7 Å². The van der Waals surface area contributed by atoms with Crippen molar-refractivity contribution in [1.82, 2.24) is 15.5 Å². The van der Waals surface area contributed by atoms with Crippen LogP contribution in [0.4, 0.5) is 4.79 Å². The van der Waals surface area contributed by atoms with Crippen LogP contribution < -0.4 is 10.6 Å². The summed E-state index contributed by atoms with van der Waals surface area (Å²) in [5.74, 6) is -0.352. The average molecular weight is 257 g/mol. The normalized spacial score (nSPS) is 25.6. The molecule has 1 rings (SSSR count). The molecule has 18 heavy (non-hydrogen) atoms. The SMILES string of the molecule is CNC(=O)NC(=O)C(C)N(C)C1CCCCC1O. The van der Waals surface area contributed by atoms with Gasteiger partial charge in [-0.15, -0.1) is 0 Å². The number of hydrogen-bond acceptors (Lipinski definition) is 4. The topological polar surface area (TPSA) is 81.7 Å². The van der Waals surface area contributed by atoms with Crippen LogP contribution in [0.5, 0.6) is 0 Å². The van der Waals surface area contributed by atoms with Crippen LogP contribution in [-0.4, -0.2) is 54.2 Å². The van der Waals surface area contributed by atoms with E-state index in [1.807, 2.05) is 11.9 Å². The van der Waals surface area contributed by atoms with Gasteiger partial charge < -0.3 is 10.4 Å². The number of carbonyl (C=O) groups is 2. The van der Waals surface area contributed by atoms with Crippen LogP contribution in [0.15, 0.2) is 0 Å². The molecule has 0 aromatic rings. The first-order valence-electron chi connectivity index (χ1n) is 6.40. The first kappa shape index (κ1) is 14.9. The van der Waals surface area contributed by atoms with Gasteiger partial charge in [0, 0.05) is 13.1 Å². The lowest BCUT2D eigenvalue weighted by Gasteiger charge is -2.37. The van der Waals surface area contributed by atoms with Crippen LogP contribution in [0.3, 0.4) is 0 Å². The molecule has 1 fully saturated rings. The molecule has 3 amide bonds. The Morgan fingerprint density at radius 1 is 1.33 bits per heavy atom. The van der Waals surface area contributed by atoms with Crippen LogP contribution in [0, 0.1) is 0 Å². The van der Waals surface area contributed by atoms with E-state index in [4.69, 9.17) is 0 Å². The third-order valence-electron chi connectivity index (χ3n) is 3.67. The third kappa shape index (κ3) is 3.68. The first-order chi connectivity index (χ1) is 8.47. The minimum Gasteiger partial charge on any atom is -0.391 e. The summed E-state index contributed by atoms with van der Waals surface area (Å²) in [4.78, 5) is 24.7. The van der Waals surface area contributed by atoms with Gasteiger partial charge in [-0.05, 0) is 26.8 Å². The van der Waals surface area contributed by atoms with Gasteiger partial charge in [0.05, 0.1) is 12.1 Å². The van der Waals surface area contributed by atoms with Crippen molar-refractivity contribution in [1.29, 1.82) is 0 Å². The minimum absolute atomic E-state index is 0.0100. The quantitative estimate of drug-likeness (QED) is 0.668. The molecule has 3 N–H and O–H groups in total. The van der Waals surface area contributed by atoms with E-state index in [9.17, 15) is 14.7 Å². The molecule has 0 saturated heterocycles. The van der Waals surface area contributed by atoms with Gasteiger partial charge in [0.15, 0.2) is 0 Å². The molecular weight excluding hydrogens is 234 g/mol. The molecule has 1 saturated carbocycles. The molecule has 0 aromatic carbocycles. The number of carbonyl (C=O) groups excluding carboxylic acids is 2. The van der Waals surface area contributed by atoms with Crippen LogP contribution in [0.2, 0.25) is 0 Å². The zero-order chi connectivity index (χ0) is 13.7. The number of nitrogens with zero attached hydrogens (tertiary/aromatic N) is 1. The summed E-state index contributed by atoms with van der Waals surface area (Å²) in [6.45, 7) is 1.74. The number of urea groups is 1. The number of hydrogen-bond donors (Lipinski definition) is 3. The molecule has 0 aromatic heterocycles. The van der Waals surface area contributed by atoms with Crippen LogP contribution in [-0.2, 0) is 4.79 Å². The predicted octanol–water partition coefficient (Wildman–Crippen LogP) is 0.0658. The number of nitrogens with one attached hydrogen (secondary N) is 2. The first-order valence-corrected chi connectivity index (χ1v) is 6.40. The van der Waals surface area contributed by atoms with E-state index >= 15 is 0 Å². The molecule has 1 aliphatic carbocycles. The summed E-state index contributed by atoms with van der Waals surface area (Å²) in [7, 11) is 3.27. The van der Waals surface area contributed by atoms with Gasteiger partial charge >= 0.3 is 6.03 Å². The number of imide groups is 1. The average Bonchev–Trinajstić information content (AvgIpc) is 2.37. The van der Waals surface area contributed by atoms with Crippen molar-refractivity contribution in [2.75, 3.05) is 14.1 Å². The number of rotatable bonds is 3. The molecule has 0 radical (unpaired) electrons. The second-order valence-electron chi connectivity index (χ2n) is 4.83. The van der Waals surface area contributed by atoms with Gasteiger partial charge in [-0.1, -0.05) is 12.8 Å². The maximum atomic E-state index is 11.8. The van der Waals surface area contributed by atoms with Gasteiger partial charge in [-0.2, -0.15) is 0 Å². The van der Waals surface area contributed by atoms with Crippen LogP contribution >= 0.6 is 0 Å². The molecule has 3 unspecified atom stereocenters.